The van der Waals surface area contributed by atoms with E-state index in [0.29, 0.717) is 26.1 Å². The molecule has 3 rings (SSSR count). The van der Waals surface area contributed by atoms with Crippen molar-refractivity contribution < 1.29 is 13.3 Å². The van der Waals surface area contributed by atoms with E-state index in [2.05, 4.69) is 31.0 Å². The molecule has 1 fully saturated rings. The average molecular weight is 374 g/mol. The lowest BCUT2D eigenvalue weighted by atomic mass is 10.1. The van der Waals surface area contributed by atoms with Crippen molar-refractivity contribution in [3.8, 4) is 0 Å². The van der Waals surface area contributed by atoms with Crippen LogP contribution in [0.2, 0.25) is 0 Å². The number of hydrogen-bond donors (Lipinski definition) is 0. The van der Waals surface area contributed by atoms with Gasteiger partial charge in [0.2, 0.25) is 0 Å². The largest absolute Gasteiger partial charge is 0.390 e. The van der Waals surface area contributed by atoms with Gasteiger partial charge < -0.3 is 4.84 Å². The van der Waals surface area contributed by atoms with Crippen LogP contribution in [0.1, 0.15) is 12.1 Å². The van der Waals surface area contributed by atoms with Crippen LogP contribution in [-0.2, 0) is 14.7 Å². The van der Waals surface area contributed by atoms with E-state index in [1.54, 1.807) is 6.20 Å². The van der Waals surface area contributed by atoms with Crippen LogP contribution in [0.4, 0.5) is 0 Å². The molecule has 1 aromatic heterocycles. The van der Waals surface area contributed by atoms with Crippen LogP contribution in [0.25, 0.3) is 0 Å². The lowest BCUT2D eigenvalue weighted by Crippen LogP contribution is -2.43. The molecule has 21 heavy (non-hydrogen) atoms. The first kappa shape index (κ1) is 14.9. The summed E-state index contributed by atoms with van der Waals surface area (Å²) >= 11 is 3.35. The molecule has 0 amide bonds. The van der Waals surface area contributed by atoms with Gasteiger partial charge in [-0.2, -0.15) is 0 Å². The Morgan fingerprint density at radius 3 is 2.76 bits per heavy atom. The van der Waals surface area contributed by atoms with Crippen LogP contribution in [0.15, 0.2) is 28.0 Å². The maximum absolute atomic E-state index is 11.4. The van der Waals surface area contributed by atoms with Gasteiger partial charge in [0.1, 0.15) is 11.8 Å². The minimum atomic E-state index is -2.83. The molecule has 114 valence electrons. The van der Waals surface area contributed by atoms with E-state index in [9.17, 15) is 8.42 Å². The number of rotatable bonds is 3. The van der Waals surface area contributed by atoms with Gasteiger partial charge in [0, 0.05) is 36.7 Å². The van der Waals surface area contributed by atoms with Crippen LogP contribution in [0.5, 0.6) is 0 Å². The summed E-state index contributed by atoms with van der Waals surface area (Å²) in [5, 5.41) is 4.11. The molecule has 6 nitrogen and oxygen atoms in total. The van der Waals surface area contributed by atoms with E-state index in [0.717, 1.165) is 15.9 Å². The second kappa shape index (κ2) is 6.02. The zero-order chi connectivity index (χ0) is 14.9. The van der Waals surface area contributed by atoms with Crippen LogP contribution >= 0.6 is 15.9 Å². The summed E-state index contributed by atoms with van der Waals surface area (Å²) < 4.78 is 23.7. The van der Waals surface area contributed by atoms with Gasteiger partial charge in [0.05, 0.1) is 17.2 Å². The van der Waals surface area contributed by atoms with Gasteiger partial charge in [-0.25, -0.2) is 8.42 Å². The first-order chi connectivity index (χ1) is 10.0. The second-order valence-corrected chi connectivity index (χ2v) is 8.50. The third-order valence-corrected chi connectivity index (χ3v) is 5.73. The summed E-state index contributed by atoms with van der Waals surface area (Å²) in [4.78, 5) is 11.9. The van der Waals surface area contributed by atoms with Gasteiger partial charge in [-0.1, -0.05) is 5.16 Å². The second-order valence-electron chi connectivity index (χ2n) is 5.28. The van der Waals surface area contributed by atoms with Crippen LogP contribution < -0.4 is 0 Å². The highest BCUT2D eigenvalue weighted by Gasteiger charge is 2.28. The van der Waals surface area contributed by atoms with Gasteiger partial charge in [0.25, 0.3) is 0 Å². The Labute approximate surface area is 132 Å². The standard InChI is InChI=1S/C13H16BrN3O3S/c14-10-1-2-12(15-8-10)13-7-11(20-16-13)9-17-3-5-21(18,19)6-4-17/h1-2,8,11H,3-7,9H2/t11-/m0/s1. The fourth-order valence-electron chi connectivity index (χ4n) is 2.44. The van der Waals surface area contributed by atoms with Gasteiger partial charge in [-0.3, -0.25) is 9.88 Å². The highest BCUT2D eigenvalue weighted by Crippen LogP contribution is 2.18. The molecule has 0 bridgehead atoms. The summed E-state index contributed by atoms with van der Waals surface area (Å²) in [6.45, 7) is 1.86. The fraction of sp³-hybridized carbons (Fsp3) is 0.538. The number of nitrogens with zero attached hydrogens (tertiary/aromatic N) is 3. The zero-order valence-electron chi connectivity index (χ0n) is 11.4. The van der Waals surface area contributed by atoms with Crippen molar-refractivity contribution in [2.45, 2.75) is 12.5 Å². The molecule has 8 heteroatoms. The van der Waals surface area contributed by atoms with Crippen molar-refractivity contribution in [2.75, 3.05) is 31.1 Å². The molecule has 0 aliphatic carbocycles. The van der Waals surface area contributed by atoms with E-state index >= 15 is 0 Å². The fourth-order valence-corrected chi connectivity index (χ4v) is 3.96. The average Bonchev–Trinajstić information content (AvgIpc) is 2.91. The Kier molecular flexibility index (Phi) is 4.28. The molecule has 1 aromatic rings. The van der Waals surface area contributed by atoms with Crippen LogP contribution in [-0.4, -0.2) is 61.3 Å². The molecular formula is C13H16BrN3O3S. The minimum absolute atomic E-state index is 0.0220. The molecular weight excluding hydrogens is 358 g/mol. The molecule has 0 unspecified atom stereocenters. The predicted molar refractivity (Wildman–Crippen MR) is 83.1 cm³/mol. The number of halogens is 1. The normalized spacial score (nSPS) is 25.4. The number of aromatic nitrogens is 1. The van der Waals surface area contributed by atoms with Gasteiger partial charge in [-0.15, -0.1) is 0 Å². The molecule has 0 saturated carbocycles. The topological polar surface area (TPSA) is 71.9 Å². The summed E-state index contributed by atoms with van der Waals surface area (Å²) in [5.41, 5.74) is 1.67. The summed E-state index contributed by atoms with van der Waals surface area (Å²) in [6, 6.07) is 3.83. The summed E-state index contributed by atoms with van der Waals surface area (Å²) in [7, 11) is -2.83. The number of oxime groups is 1. The van der Waals surface area contributed by atoms with E-state index < -0.39 is 9.84 Å². The van der Waals surface area contributed by atoms with Crippen molar-refractivity contribution in [2.24, 2.45) is 5.16 Å². The van der Waals surface area contributed by atoms with Crippen molar-refractivity contribution in [1.82, 2.24) is 9.88 Å². The van der Waals surface area contributed by atoms with Gasteiger partial charge in [-0.05, 0) is 28.1 Å². The first-order valence-corrected chi connectivity index (χ1v) is 9.41. The maximum Gasteiger partial charge on any atom is 0.152 e. The third kappa shape index (κ3) is 3.81. The van der Waals surface area contributed by atoms with Crippen LogP contribution in [0, 0.1) is 0 Å². The zero-order valence-corrected chi connectivity index (χ0v) is 13.8. The predicted octanol–water partition coefficient (Wildman–Crippen LogP) is 1.07. The Bertz CT molecular complexity index is 631. The lowest BCUT2D eigenvalue weighted by molar-refractivity contribution is 0.0549. The molecule has 3 heterocycles. The number of sulfone groups is 1. The van der Waals surface area contributed by atoms with E-state index in [1.165, 1.54) is 0 Å². The monoisotopic (exact) mass is 373 g/mol. The molecule has 2 aliphatic rings. The number of hydrogen-bond acceptors (Lipinski definition) is 6. The Hall–Kier alpha value is -0.990. The molecule has 1 atom stereocenters. The molecule has 0 radical (unpaired) electrons. The Morgan fingerprint density at radius 1 is 1.33 bits per heavy atom. The Morgan fingerprint density at radius 2 is 2.10 bits per heavy atom. The van der Waals surface area contributed by atoms with Crippen molar-refractivity contribution in [3.63, 3.8) is 0 Å². The van der Waals surface area contributed by atoms with Crippen LogP contribution in [0.3, 0.4) is 0 Å². The van der Waals surface area contributed by atoms with Gasteiger partial charge in [0.15, 0.2) is 9.84 Å². The van der Waals surface area contributed by atoms with Crippen molar-refractivity contribution in [1.29, 1.82) is 0 Å². The SMILES string of the molecule is O=S1(=O)CCN(C[C@@H]2CC(c3ccc(Br)cn3)=NO2)CC1. The smallest absolute Gasteiger partial charge is 0.152 e. The molecule has 1 saturated heterocycles. The highest BCUT2D eigenvalue weighted by molar-refractivity contribution is 9.10. The lowest BCUT2D eigenvalue weighted by Gasteiger charge is -2.27. The molecule has 0 spiro atoms. The number of pyridine rings is 1. The molecule has 2 aliphatic heterocycles. The molecule has 0 aromatic carbocycles. The minimum Gasteiger partial charge on any atom is -0.390 e. The highest BCUT2D eigenvalue weighted by atomic mass is 79.9. The molecule has 0 N–H and O–H groups in total. The summed E-state index contributed by atoms with van der Waals surface area (Å²) in [6.07, 6.45) is 2.42. The van der Waals surface area contributed by atoms with Crippen molar-refractivity contribution in [3.05, 3.63) is 28.5 Å². The first-order valence-electron chi connectivity index (χ1n) is 6.79. The van der Waals surface area contributed by atoms with Crippen molar-refractivity contribution >= 4 is 31.5 Å². The summed E-state index contributed by atoms with van der Waals surface area (Å²) in [5.74, 6) is 0.476. The quantitative estimate of drug-likeness (QED) is 0.792. The van der Waals surface area contributed by atoms with E-state index in [4.69, 9.17) is 4.84 Å². The van der Waals surface area contributed by atoms with Gasteiger partial charge >= 0.3 is 0 Å². The third-order valence-electron chi connectivity index (χ3n) is 3.65. The maximum atomic E-state index is 11.4. The Balaban J connectivity index is 1.54. The van der Waals surface area contributed by atoms with E-state index in [-0.39, 0.29) is 17.6 Å². The van der Waals surface area contributed by atoms with E-state index in [1.807, 2.05) is 12.1 Å².